The first kappa shape index (κ1) is 16.2. The molecule has 0 aromatic heterocycles. The highest BCUT2D eigenvalue weighted by molar-refractivity contribution is 5.80. The topological polar surface area (TPSA) is 84.3 Å². The fourth-order valence-electron chi connectivity index (χ4n) is 2.66. The van der Waals surface area contributed by atoms with Crippen LogP contribution in [0.25, 0.3) is 0 Å². The van der Waals surface area contributed by atoms with Crippen molar-refractivity contribution in [1.29, 1.82) is 0 Å². The zero-order valence-corrected chi connectivity index (χ0v) is 12.3. The molecule has 1 fully saturated rings. The first-order valence-corrected chi connectivity index (χ1v) is 7.51. The van der Waals surface area contributed by atoms with Crippen LogP contribution >= 0.6 is 0 Å². The van der Waals surface area contributed by atoms with E-state index in [1.807, 2.05) is 0 Å². The highest BCUT2D eigenvalue weighted by Gasteiger charge is 2.16. The van der Waals surface area contributed by atoms with Gasteiger partial charge in [-0.2, -0.15) is 4.39 Å². The summed E-state index contributed by atoms with van der Waals surface area (Å²) in [6.07, 6.45) is 6.02. The van der Waals surface area contributed by atoms with Crippen LogP contribution in [0.15, 0.2) is 18.2 Å². The van der Waals surface area contributed by atoms with E-state index in [4.69, 9.17) is 0 Å². The maximum absolute atomic E-state index is 13.2. The van der Waals surface area contributed by atoms with Gasteiger partial charge in [0, 0.05) is 18.3 Å². The van der Waals surface area contributed by atoms with Gasteiger partial charge in [-0.05, 0) is 30.9 Å². The van der Waals surface area contributed by atoms with Gasteiger partial charge in [0.2, 0.25) is 11.7 Å². The Hall–Kier alpha value is -2.18. The van der Waals surface area contributed by atoms with Crippen molar-refractivity contribution in [3.63, 3.8) is 0 Å². The molecule has 1 aliphatic rings. The number of rotatable bonds is 6. The van der Waals surface area contributed by atoms with Crippen LogP contribution in [0, 0.1) is 21.8 Å². The van der Waals surface area contributed by atoms with Crippen LogP contribution in [0.5, 0.6) is 0 Å². The maximum atomic E-state index is 13.2. The standard InChI is InChI=1S/C15H20FN3O3/c16-13-7-6-12(8-14(13)19(21)22)17-10-15(20)18-9-11-4-2-1-3-5-11/h6-8,11,17H,1-5,9-10H2,(H,18,20). The van der Waals surface area contributed by atoms with Gasteiger partial charge in [0.25, 0.3) is 0 Å². The third-order valence-electron chi connectivity index (χ3n) is 3.91. The quantitative estimate of drug-likeness (QED) is 0.625. The van der Waals surface area contributed by atoms with Crippen molar-refractivity contribution in [3.05, 3.63) is 34.1 Å². The van der Waals surface area contributed by atoms with Crippen LogP contribution in [-0.2, 0) is 4.79 Å². The Bertz CT molecular complexity index is 545. The molecular formula is C15H20FN3O3. The average molecular weight is 309 g/mol. The molecule has 6 nitrogen and oxygen atoms in total. The minimum atomic E-state index is -0.891. The highest BCUT2D eigenvalue weighted by atomic mass is 19.1. The molecule has 0 heterocycles. The molecule has 1 amide bonds. The first-order chi connectivity index (χ1) is 10.6. The molecule has 0 atom stereocenters. The molecule has 0 radical (unpaired) electrons. The van der Waals surface area contributed by atoms with Gasteiger partial charge in [0.1, 0.15) is 0 Å². The van der Waals surface area contributed by atoms with Gasteiger partial charge in [0.15, 0.2) is 0 Å². The molecule has 0 saturated heterocycles. The molecule has 1 saturated carbocycles. The summed E-state index contributed by atoms with van der Waals surface area (Å²) in [6, 6.07) is 3.47. The Labute approximate surface area is 128 Å². The van der Waals surface area contributed by atoms with Crippen molar-refractivity contribution >= 4 is 17.3 Å². The molecule has 1 aliphatic carbocycles. The lowest BCUT2D eigenvalue weighted by atomic mass is 9.89. The van der Waals surface area contributed by atoms with Gasteiger partial charge in [0.05, 0.1) is 11.5 Å². The molecule has 22 heavy (non-hydrogen) atoms. The summed E-state index contributed by atoms with van der Waals surface area (Å²) in [5.74, 6) is -0.514. The largest absolute Gasteiger partial charge is 0.376 e. The van der Waals surface area contributed by atoms with Crippen molar-refractivity contribution in [3.8, 4) is 0 Å². The lowest BCUT2D eigenvalue weighted by Crippen LogP contribution is -2.34. The second kappa shape index (κ2) is 7.72. The molecule has 7 heteroatoms. The van der Waals surface area contributed by atoms with Crippen molar-refractivity contribution in [2.45, 2.75) is 32.1 Å². The second-order valence-corrected chi connectivity index (χ2v) is 5.58. The van der Waals surface area contributed by atoms with E-state index < -0.39 is 16.4 Å². The third-order valence-corrected chi connectivity index (χ3v) is 3.91. The SMILES string of the molecule is O=C(CNc1ccc(F)c([N+](=O)[O-])c1)NCC1CCCCC1. The number of anilines is 1. The van der Waals surface area contributed by atoms with Gasteiger partial charge in [-0.25, -0.2) is 0 Å². The number of nitro groups is 1. The Morgan fingerprint density at radius 2 is 2.05 bits per heavy atom. The smallest absolute Gasteiger partial charge is 0.306 e. The summed E-state index contributed by atoms with van der Waals surface area (Å²) < 4.78 is 13.2. The summed E-state index contributed by atoms with van der Waals surface area (Å²) in [5, 5.41) is 16.3. The van der Waals surface area contributed by atoms with E-state index >= 15 is 0 Å². The van der Waals surface area contributed by atoms with E-state index in [1.165, 1.54) is 25.3 Å². The lowest BCUT2D eigenvalue weighted by molar-refractivity contribution is -0.387. The predicted molar refractivity (Wildman–Crippen MR) is 81.1 cm³/mol. The number of hydrogen-bond donors (Lipinski definition) is 2. The molecule has 0 bridgehead atoms. The summed E-state index contributed by atoms with van der Waals surface area (Å²) in [4.78, 5) is 21.6. The fraction of sp³-hybridized carbons (Fsp3) is 0.533. The van der Waals surface area contributed by atoms with E-state index in [9.17, 15) is 19.3 Å². The Morgan fingerprint density at radius 1 is 1.32 bits per heavy atom. The molecule has 1 aromatic rings. The van der Waals surface area contributed by atoms with Crippen molar-refractivity contribution in [1.82, 2.24) is 5.32 Å². The van der Waals surface area contributed by atoms with Gasteiger partial charge in [-0.1, -0.05) is 19.3 Å². The first-order valence-electron chi connectivity index (χ1n) is 7.51. The zero-order valence-electron chi connectivity index (χ0n) is 12.3. The number of carbonyl (C=O) groups is 1. The highest BCUT2D eigenvalue weighted by Crippen LogP contribution is 2.23. The Balaban J connectivity index is 1.78. The van der Waals surface area contributed by atoms with Crippen LogP contribution in [0.3, 0.4) is 0 Å². The van der Waals surface area contributed by atoms with E-state index in [1.54, 1.807) is 0 Å². The minimum Gasteiger partial charge on any atom is -0.376 e. The fourth-order valence-corrected chi connectivity index (χ4v) is 2.66. The number of benzene rings is 1. The van der Waals surface area contributed by atoms with Crippen molar-refractivity contribution in [2.24, 2.45) is 5.92 Å². The van der Waals surface area contributed by atoms with Gasteiger partial charge in [-0.3, -0.25) is 14.9 Å². The maximum Gasteiger partial charge on any atom is 0.306 e. The van der Waals surface area contributed by atoms with Gasteiger partial charge >= 0.3 is 5.69 Å². The predicted octanol–water partition coefficient (Wildman–Crippen LogP) is 2.84. The average Bonchev–Trinajstić information content (AvgIpc) is 2.53. The monoisotopic (exact) mass is 309 g/mol. The van der Waals surface area contributed by atoms with Crippen LogP contribution in [-0.4, -0.2) is 23.9 Å². The Morgan fingerprint density at radius 3 is 2.73 bits per heavy atom. The van der Waals surface area contributed by atoms with Crippen molar-refractivity contribution in [2.75, 3.05) is 18.4 Å². The molecule has 0 unspecified atom stereocenters. The number of halogens is 1. The summed E-state index contributed by atoms with van der Waals surface area (Å²) in [5.41, 5.74) is -0.256. The van der Waals surface area contributed by atoms with Crippen molar-refractivity contribution < 1.29 is 14.1 Å². The number of nitrogens with one attached hydrogen (secondary N) is 2. The van der Waals surface area contributed by atoms with E-state index in [0.717, 1.165) is 25.0 Å². The molecule has 120 valence electrons. The molecule has 0 spiro atoms. The summed E-state index contributed by atoms with van der Waals surface area (Å²) in [6.45, 7) is 0.680. The number of nitro benzene ring substituents is 1. The summed E-state index contributed by atoms with van der Waals surface area (Å²) >= 11 is 0. The van der Waals surface area contributed by atoms with E-state index in [0.29, 0.717) is 18.2 Å². The molecule has 2 N–H and O–H groups in total. The molecule has 0 aliphatic heterocycles. The van der Waals surface area contributed by atoms with Gasteiger partial charge in [-0.15, -0.1) is 0 Å². The minimum absolute atomic E-state index is 0.00943. The number of nitrogens with zero attached hydrogens (tertiary/aromatic N) is 1. The van der Waals surface area contributed by atoms with Gasteiger partial charge < -0.3 is 10.6 Å². The zero-order chi connectivity index (χ0) is 15.9. The molecule has 2 rings (SSSR count). The number of hydrogen-bond acceptors (Lipinski definition) is 4. The summed E-state index contributed by atoms with van der Waals surface area (Å²) in [7, 11) is 0. The molecule has 1 aromatic carbocycles. The Kier molecular flexibility index (Phi) is 5.68. The van der Waals surface area contributed by atoms with Crippen LogP contribution < -0.4 is 10.6 Å². The lowest BCUT2D eigenvalue weighted by Gasteiger charge is -2.21. The van der Waals surface area contributed by atoms with Crippen LogP contribution in [0.2, 0.25) is 0 Å². The third kappa shape index (κ3) is 4.68. The van der Waals surface area contributed by atoms with Crippen LogP contribution in [0.1, 0.15) is 32.1 Å². The van der Waals surface area contributed by atoms with Crippen LogP contribution in [0.4, 0.5) is 15.8 Å². The van der Waals surface area contributed by atoms with E-state index in [-0.39, 0.29) is 12.5 Å². The number of carbonyl (C=O) groups excluding carboxylic acids is 1. The molecular weight excluding hydrogens is 289 g/mol. The number of amides is 1. The second-order valence-electron chi connectivity index (χ2n) is 5.58. The normalized spacial score (nSPS) is 15.3. The van der Waals surface area contributed by atoms with E-state index in [2.05, 4.69) is 10.6 Å².